The van der Waals surface area contributed by atoms with Gasteiger partial charge in [0, 0.05) is 17.9 Å². The molecule has 100 valence electrons. The maximum Gasteiger partial charge on any atom is 0.411 e. The Morgan fingerprint density at radius 3 is 2.84 bits per heavy atom. The summed E-state index contributed by atoms with van der Waals surface area (Å²) in [5.74, 6) is 0. The average molecular weight is 341 g/mol. The van der Waals surface area contributed by atoms with Gasteiger partial charge in [0.15, 0.2) is 0 Å². The second-order valence-electron chi connectivity index (χ2n) is 3.81. The van der Waals surface area contributed by atoms with Crippen LogP contribution >= 0.6 is 27.3 Å². The lowest BCUT2D eigenvalue weighted by Gasteiger charge is -2.08. The molecule has 2 N–H and O–H groups in total. The van der Waals surface area contributed by atoms with E-state index in [2.05, 4.69) is 42.7 Å². The molecular formula is C13H13BrN2O2S. The van der Waals surface area contributed by atoms with Crippen LogP contribution in [0.4, 0.5) is 16.2 Å². The van der Waals surface area contributed by atoms with E-state index < -0.39 is 6.09 Å². The fourth-order valence-corrected chi connectivity index (χ4v) is 2.73. The van der Waals surface area contributed by atoms with Crippen LogP contribution in [-0.2, 0) is 11.3 Å². The molecule has 2 aromatic rings. The first kappa shape index (κ1) is 13.9. The zero-order chi connectivity index (χ0) is 13.7. The smallest absolute Gasteiger partial charge is 0.411 e. The average Bonchev–Trinajstić information content (AvgIpc) is 2.82. The highest BCUT2D eigenvalue weighted by Gasteiger charge is 2.02. The van der Waals surface area contributed by atoms with Gasteiger partial charge in [0.05, 0.1) is 10.9 Å². The lowest BCUT2D eigenvalue weighted by molar-refractivity contribution is 0.187. The van der Waals surface area contributed by atoms with E-state index in [9.17, 15) is 4.79 Å². The Hall–Kier alpha value is -1.53. The molecule has 2 rings (SSSR count). The van der Waals surface area contributed by atoms with Crippen LogP contribution in [0, 0.1) is 0 Å². The number of halogens is 1. The molecule has 0 radical (unpaired) electrons. The number of thiophene rings is 1. The van der Waals surface area contributed by atoms with Gasteiger partial charge in [-0.1, -0.05) is 6.07 Å². The Morgan fingerprint density at radius 2 is 2.16 bits per heavy atom. The maximum atomic E-state index is 11.1. The summed E-state index contributed by atoms with van der Waals surface area (Å²) in [5.41, 5.74) is 2.85. The van der Waals surface area contributed by atoms with E-state index in [0.29, 0.717) is 5.69 Å². The third kappa shape index (κ3) is 4.25. The van der Waals surface area contributed by atoms with Crippen LogP contribution in [0.3, 0.4) is 0 Å². The second kappa shape index (κ2) is 6.58. The lowest BCUT2D eigenvalue weighted by atomic mass is 10.2. The zero-order valence-corrected chi connectivity index (χ0v) is 12.7. The standard InChI is InChI=1S/C13H13BrN2O2S/c1-18-13(17)16-11-4-2-3-10(6-11)15-7-9-5-12(14)19-8-9/h2-6,8,15H,7H2,1H3,(H,16,17). The first-order chi connectivity index (χ1) is 9.17. The van der Waals surface area contributed by atoms with Crippen LogP contribution in [0.1, 0.15) is 5.56 Å². The van der Waals surface area contributed by atoms with Gasteiger partial charge in [-0.25, -0.2) is 4.79 Å². The molecule has 0 atom stereocenters. The summed E-state index contributed by atoms with van der Waals surface area (Å²) in [6.07, 6.45) is -0.473. The summed E-state index contributed by atoms with van der Waals surface area (Å²) >= 11 is 5.09. The number of amides is 1. The minimum absolute atomic E-state index is 0.473. The largest absolute Gasteiger partial charge is 0.453 e. The molecule has 0 aliphatic rings. The molecular weight excluding hydrogens is 328 g/mol. The van der Waals surface area contributed by atoms with Crippen LogP contribution in [0.5, 0.6) is 0 Å². The van der Waals surface area contributed by atoms with Gasteiger partial charge >= 0.3 is 6.09 Å². The molecule has 1 aromatic heterocycles. The molecule has 0 unspecified atom stereocenters. The molecule has 1 amide bonds. The van der Waals surface area contributed by atoms with Crippen molar-refractivity contribution in [1.82, 2.24) is 0 Å². The summed E-state index contributed by atoms with van der Waals surface area (Å²) in [6, 6.07) is 9.57. The molecule has 1 heterocycles. The molecule has 0 saturated heterocycles. The topological polar surface area (TPSA) is 50.4 Å². The van der Waals surface area contributed by atoms with E-state index in [1.807, 2.05) is 24.3 Å². The Bertz CT molecular complexity index is 571. The molecule has 0 aliphatic carbocycles. The van der Waals surface area contributed by atoms with Gasteiger partial charge in [-0.15, -0.1) is 11.3 Å². The monoisotopic (exact) mass is 340 g/mol. The van der Waals surface area contributed by atoms with Gasteiger partial charge in [-0.05, 0) is 51.1 Å². The van der Waals surface area contributed by atoms with E-state index >= 15 is 0 Å². The van der Waals surface area contributed by atoms with Crippen LogP contribution in [0.2, 0.25) is 0 Å². The molecule has 1 aromatic carbocycles. The van der Waals surface area contributed by atoms with Crippen molar-refractivity contribution in [2.45, 2.75) is 6.54 Å². The quantitative estimate of drug-likeness (QED) is 0.872. The van der Waals surface area contributed by atoms with Crippen LogP contribution in [-0.4, -0.2) is 13.2 Å². The number of hydrogen-bond donors (Lipinski definition) is 2. The minimum atomic E-state index is -0.473. The van der Waals surface area contributed by atoms with Gasteiger partial charge < -0.3 is 10.1 Å². The predicted octanol–water partition coefficient (Wildman–Crippen LogP) is 4.30. The number of carbonyl (C=O) groups excluding carboxylic acids is 1. The third-order valence-corrected chi connectivity index (χ3v) is 3.97. The zero-order valence-electron chi connectivity index (χ0n) is 10.3. The second-order valence-corrected chi connectivity index (χ2v) is 6.10. The summed E-state index contributed by atoms with van der Waals surface area (Å²) in [6.45, 7) is 0.740. The van der Waals surface area contributed by atoms with Crippen molar-refractivity contribution in [2.24, 2.45) is 0 Å². The minimum Gasteiger partial charge on any atom is -0.453 e. The highest BCUT2D eigenvalue weighted by molar-refractivity contribution is 9.11. The lowest BCUT2D eigenvalue weighted by Crippen LogP contribution is -2.11. The Morgan fingerprint density at radius 1 is 1.37 bits per heavy atom. The number of hydrogen-bond acceptors (Lipinski definition) is 4. The number of anilines is 2. The number of ether oxygens (including phenoxy) is 1. The molecule has 6 heteroatoms. The van der Waals surface area contributed by atoms with Crippen molar-refractivity contribution in [2.75, 3.05) is 17.7 Å². The van der Waals surface area contributed by atoms with E-state index in [-0.39, 0.29) is 0 Å². The Kier molecular flexibility index (Phi) is 4.81. The van der Waals surface area contributed by atoms with Crippen LogP contribution in [0.25, 0.3) is 0 Å². The van der Waals surface area contributed by atoms with Crippen molar-refractivity contribution in [3.63, 3.8) is 0 Å². The van der Waals surface area contributed by atoms with Gasteiger partial charge in [-0.2, -0.15) is 0 Å². The number of nitrogens with one attached hydrogen (secondary N) is 2. The summed E-state index contributed by atoms with van der Waals surface area (Å²) < 4.78 is 5.67. The maximum absolute atomic E-state index is 11.1. The molecule has 0 bridgehead atoms. The fourth-order valence-electron chi connectivity index (χ4n) is 1.52. The van der Waals surface area contributed by atoms with Crippen LogP contribution < -0.4 is 10.6 Å². The summed E-state index contributed by atoms with van der Waals surface area (Å²) in [5, 5.41) is 8.02. The highest BCUT2D eigenvalue weighted by atomic mass is 79.9. The first-order valence-corrected chi connectivity index (χ1v) is 7.26. The van der Waals surface area contributed by atoms with Gasteiger partial charge in [0.2, 0.25) is 0 Å². The van der Waals surface area contributed by atoms with E-state index in [1.54, 1.807) is 11.3 Å². The third-order valence-electron chi connectivity index (χ3n) is 2.41. The highest BCUT2D eigenvalue weighted by Crippen LogP contribution is 2.22. The molecule has 4 nitrogen and oxygen atoms in total. The van der Waals surface area contributed by atoms with E-state index in [4.69, 9.17) is 0 Å². The van der Waals surface area contributed by atoms with Crippen LogP contribution in [0.15, 0.2) is 39.5 Å². The SMILES string of the molecule is COC(=O)Nc1cccc(NCc2csc(Br)c2)c1. The molecule has 0 spiro atoms. The number of benzene rings is 1. The summed E-state index contributed by atoms with van der Waals surface area (Å²) in [4.78, 5) is 11.1. The van der Waals surface area contributed by atoms with Crippen molar-refractivity contribution >= 4 is 44.7 Å². The van der Waals surface area contributed by atoms with E-state index in [0.717, 1.165) is 16.0 Å². The number of carbonyl (C=O) groups is 1. The van der Waals surface area contributed by atoms with Crippen molar-refractivity contribution < 1.29 is 9.53 Å². The number of rotatable bonds is 4. The molecule has 0 fully saturated rings. The van der Waals surface area contributed by atoms with Gasteiger partial charge in [0.1, 0.15) is 0 Å². The molecule has 19 heavy (non-hydrogen) atoms. The molecule has 0 saturated carbocycles. The molecule has 0 aliphatic heterocycles. The van der Waals surface area contributed by atoms with Gasteiger partial charge in [-0.3, -0.25) is 5.32 Å². The number of methoxy groups -OCH3 is 1. The fraction of sp³-hybridized carbons (Fsp3) is 0.154. The first-order valence-electron chi connectivity index (χ1n) is 5.59. The normalized spacial score (nSPS) is 10.0. The Balaban J connectivity index is 1.97. The predicted molar refractivity (Wildman–Crippen MR) is 81.8 cm³/mol. The van der Waals surface area contributed by atoms with Gasteiger partial charge in [0.25, 0.3) is 0 Å². The van der Waals surface area contributed by atoms with E-state index in [1.165, 1.54) is 12.7 Å². The Labute approximate surface area is 123 Å². The summed E-state index contributed by atoms with van der Waals surface area (Å²) in [7, 11) is 1.34. The van der Waals surface area contributed by atoms with Crippen molar-refractivity contribution in [3.05, 3.63) is 45.1 Å². The van der Waals surface area contributed by atoms with Crippen molar-refractivity contribution in [3.8, 4) is 0 Å². The van der Waals surface area contributed by atoms with Crippen molar-refractivity contribution in [1.29, 1.82) is 0 Å².